The van der Waals surface area contributed by atoms with E-state index in [0.29, 0.717) is 6.42 Å². The second kappa shape index (κ2) is 12.6. The molecule has 0 aromatic heterocycles. The molecule has 0 N–H and O–H groups in total. The summed E-state index contributed by atoms with van der Waals surface area (Å²) in [5.41, 5.74) is 0. The monoisotopic (exact) mass is 416 g/mol. The maximum Gasteiger partial charge on any atom is 0.306 e. The van der Waals surface area contributed by atoms with E-state index in [-0.39, 0.29) is 12.1 Å². The van der Waals surface area contributed by atoms with Crippen molar-refractivity contribution in [2.75, 3.05) is 58.2 Å². The van der Waals surface area contributed by atoms with Crippen molar-refractivity contribution in [3.63, 3.8) is 0 Å². The van der Waals surface area contributed by atoms with Crippen molar-refractivity contribution < 1.29 is 14.3 Å². The molecule has 1 unspecified atom stereocenters. The summed E-state index contributed by atoms with van der Waals surface area (Å²) in [5.74, 6) is 1.29. The van der Waals surface area contributed by atoms with Gasteiger partial charge in [-0.15, -0.1) is 0 Å². The third-order valence-electron chi connectivity index (χ3n) is 5.66. The van der Waals surface area contributed by atoms with Gasteiger partial charge in [-0.3, -0.25) is 14.6 Å². The van der Waals surface area contributed by atoms with E-state index in [4.69, 9.17) is 9.47 Å². The van der Waals surface area contributed by atoms with Crippen molar-refractivity contribution in [2.24, 2.45) is 0 Å². The van der Waals surface area contributed by atoms with Gasteiger partial charge in [0.15, 0.2) is 0 Å². The number of nitrogens with zero attached hydrogens (tertiary/aromatic N) is 2. The van der Waals surface area contributed by atoms with Gasteiger partial charge < -0.3 is 9.47 Å². The summed E-state index contributed by atoms with van der Waals surface area (Å²) in [6, 6.07) is 0. The maximum atomic E-state index is 12.4. The highest BCUT2D eigenvalue weighted by Gasteiger charge is 2.24. The number of ether oxygens (including phenoxy) is 2. The van der Waals surface area contributed by atoms with Gasteiger partial charge >= 0.3 is 5.97 Å². The first kappa shape index (κ1) is 21.8. The molecule has 7 heteroatoms. The van der Waals surface area contributed by atoms with E-state index in [1.165, 1.54) is 37.9 Å². The summed E-state index contributed by atoms with van der Waals surface area (Å²) in [6.45, 7) is 7.52. The number of hydrogen-bond donors (Lipinski definition) is 0. The highest BCUT2D eigenvalue weighted by atomic mass is 33.1. The molecular formula is C20H36N2O3S2. The van der Waals surface area contributed by atoms with Gasteiger partial charge in [-0.25, -0.2) is 0 Å². The zero-order valence-electron chi connectivity index (χ0n) is 16.6. The number of rotatable bonds is 10. The lowest BCUT2D eigenvalue weighted by Gasteiger charge is -2.34. The maximum absolute atomic E-state index is 12.4. The highest BCUT2D eigenvalue weighted by Crippen LogP contribution is 2.39. The predicted molar refractivity (Wildman–Crippen MR) is 114 cm³/mol. The Morgan fingerprint density at radius 3 is 2.48 bits per heavy atom. The molecule has 3 heterocycles. The Balaban J connectivity index is 1.38. The standard InChI is InChI=1S/C20H36N2O3S2/c23-20(7-3-2-6-19-8-15-26-27-19)25-18(16-21-9-4-1-5-10-21)17-22-11-13-24-14-12-22/h18-19H,1-17H2/t18?,19-/m1/s1. The second-order valence-corrected chi connectivity index (χ2v) is 10.7. The van der Waals surface area contributed by atoms with Crippen LogP contribution in [0.15, 0.2) is 0 Å². The van der Waals surface area contributed by atoms with Gasteiger partial charge in [0.25, 0.3) is 0 Å². The molecule has 27 heavy (non-hydrogen) atoms. The number of carbonyl (C=O) groups is 1. The third-order valence-corrected chi connectivity index (χ3v) is 8.67. The highest BCUT2D eigenvalue weighted by molar-refractivity contribution is 8.77. The van der Waals surface area contributed by atoms with E-state index in [1.807, 2.05) is 21.6 Å². The van der Waals surface area contributed by atoms with Crippen molar-refractivity contribution >= 4 is 27.6 Å². The lowest BCUT2D eigenvalue weighted by Crippen LogP contribution is -2.47. The molecule has 0 amide bonds. The summed E-state index contributed by atoms with van der Waals surface area (Å²) in [5, 5.41) is 0.805. The largest absolute Gasteiger partial charge is 0.460 e. The molecule has 0 aromatic rings. The minimum absolute atomic E-state index is 0.00119. The van der Waals surface area contributed by atoms with Crippen LogP contribution in [0.5, 0.6) is 0 Å². The molecule has 0 spiro atoms. The molecule has 0 aromatic carbocycles. The van der Waals surface area contributed by atoms with Crippen LogP contribution in [-0.4, -0.2) is 85.4 Å². The summed E-state index contributed by atoms with van der Waals surface area (Å²) < 4.78 is 11.4. The van der Waals surface area contributed by atoms with Crippen molar-refractivity contribution in [1.29, 1.82) is 0 Å². The Labute approximate surface area is 172 Å². The average molecular weight is 417 g/mol. The van der Waals surface area contributed by atoms with Gasteiger partial charge in [0.2, 0.25) is 0 Å². The van der Waals surface area contributed by atoms with E-state index in [1.54, 1.807) is 0 Å². The first-order valence-corrected chi connectivity index (χ1v) is 13.2. The molecule has 3 fully saturated rings. The topological polar surface area (TPSA) is 42.0 Å². The second-order valence-electron chi connectivity index (χ2n) is 7.96. The number of hydrogen-bond acceptors (Lipinski definition) is 7. The van der Waals surface area contributed by atoms with Crippen molar-refractivity contribution in [2.45, 2.75) is 62.7 Å². The predicted octanol–water partition coefficient (Wildman–Crippen LogP) is 3.43. The zero-order chi connectivity index (χ0) is 18.7. The Morgan fingerprint density at radius 2 is 1.78 bits per heavy atom. The van der Waals surface area contributed by atoms with Gasteiger partial charge in [0, 0.05) is 43.6 Å². The SMILES string of the molecule is O=C(CCCC[C@@H]1CCSS1)OC(CN1CCCCC1)CN1CCOCC1. The summed E-state index contributed by atoms with van der Waals surface area (Å²) in [7, 11) is 4.02. The van der Waals surface area contributed by atoms with Crippen LogP contribution >= 0.6 is 21.6 Å². The van der Waals surface area contributed by atoms with Gasteiger partial charge in [0.05, 0.1) is 13.2 Å². The van der Waals surface area contributed by atoms with Crippen LogP contribution in [0, 0.1) is 0 Å². The number of carbonyl (C=O) groups excluding carboxylic acids is 1. The van der Waals surface area contributed by atoms with Crippen molar-refractivity contribution in [1.82, 2.24) is 9.80 Å². The summed E-state index contributed by atoms with van der Waals surface area (Å²) >= 11 is 0. The zero-order valence-corrected chi connectivity index (χ0v) is 18.2. The van der Waals surface area contributed by atoms with Gasteiger partial charge in [-0.05, 0) is 45.2 Å². The first-order chi connectivity index (χ1) is 13.3. The first-order valence-electron chi connectivity index (χ1n) is 10.8. The fourth-order valence-corrected chi connectivity index (χ4v) is 7.11. The molecule has 3 aliphatic rings. The van der Waals surface area contributed by atoms with Crippen LogP contribution < -0.4 is 0 Å². The Hall–Kier alpha value is 0.0500. The number of piperidine rings is 1. The smallest absolute Gasteiger partial charge is 0.306 e. The van der Waals surface area contributed by atoms with Crippen LogP contribution in [0.1, 0.15) is 51.4 Å². The van der Waals surface area contributed by atoms with Gasteiger partial charge in [-0.2, -0.15) is 0 Å². The Bertz CT molecular complexity index is 403. The molecule has 5 nitrogen and oxygen atoms in total. The molecule has 0 aliphatic carbocycles. The lowest BCUT2D eigenvalue weighted by atomic mass is 10.1. The minimum Gasteiger partial charge on any atom is -0.460 e. The number of morpholine rings is 1. The number of esters is 1. The molecular weight excluding hydrogens is 380 g/mol. The van der Waals surface area contributed by atoms with E-state index in [0.717, 1.165) is 70.6 Å². The Morgan fingerprint density at radius 1 is 1.04 bits per heavy atom. The van der Waals surface area contributed by atoms with Crippen LogP contribution in [0.25, 0.3) is 0 Å². The average Bonchev–Trinajstić information content (AvgIpc) is 3.20. The molecule has 0 radical (unpaired) electrons. The summed E-state index contributed by atoms with van der Waals surface area (Å²) in [6.07, 6.45) is 9.14. The van der Waals surface area contributed by atoms with E-state index in [2.05, 4.69) is 9.80 Å². The molecule has 2 atom stereocenters. The molecule has 0 saturated carbocycles. The molecule has 156 valence electrons. The quantitative estimate of drug-likeness (QED) is 0.307. The molecule has 0 bridgehead atoms. The fourth-order valence-electron chi connectivity index (χ4n) is 4.08. The van der Waals surface area contributed by atoms with Crippen molar-refractivity contribution in [3.8, 4) is 0 Å². The van der Waals surface area contributed by atoms with E-state index < -0.39 is 0 Å². The molecule has 3 saturated heterocycles. The number of likely N-dealkylation sites (tertiary alicyclic amines) is 1. The molecule has 3 aliphatic heterocycles. The number of unbranched alkanes of at least 4 members (excludes halogenated alkanes) is 1. The normalized spacial score (nSPS) is 26.1. The lowest BCUT2D eigenvalue weighted by molar-refractivity contribution is -0.151. The van der Waals surface area contributed by atoms with Gasteiger partial charge in [-0.1, -0.05) is 34.4 Å². The molecule has 3 rings (SSSR count). The van der Waals surface area contributed by atoms with E-state index in [9.17, 15) is 4.79 Å². The Kier molecular flexibility index (Phi) is 10.1. The fraction of sp³-hybridized carbons (Fsp3) is 0.950. The minimum atomic E-state index is -0.00418. The van der Waals surface area contributed by atoms with Gasteiger partial charge in [0.1, 0.15) is 6.10 Å². The van der Waals surface area contributed by atoms with E-state index >= 15 is 0 Å². The van der Waals surface area contributed by atoms with Crippen LogP contribution in [0.4, 0.5) is 0 Å². The van der Waals surface area contributed by atoms with Crippen LogP contribution in [0.2, 0.25) is 0 Å². The van der Waals surface area contributed by atoms with Crippen LogP contribution in [0.3, 0.4) is 0 Å². The summed E-state index contributed by atoms with van der Waals surface area (Å²) in [4.78, 5) is 17.3. The third kappa shape index (κ3) is 8.52. The van der Waals surface area contributed by atoms with Crippen molar-refractivity contribution in [3.05, 3.63) is 0 Å². The van der Waals surface area contributed by atoms with Crippen LogP contribution in [-0.2, 0) is 14.3 Å².